The highest BCUT2D eigenvalue weighted by Gasteiger charge is 1.58. The average Bonchev–Trinajstić information content (AvgIpc) is 2.67. The van der Waals surface area contributed by atoms with E-state index in [1.807, 2.05) is 62.3 Å². The normalized spacial score (nSPS) is 4.74. The van der Waals surface area contributed by atoms with Crippen molar-refractivity contribution in [2.45, 2.75) is 62.3 Å². The highest BCUT2D eigenvalue weighted by atomic mass is 16.3. The Morgan fingerprint density at radius 3 is 0.355 bits per heavy atom. The van der Waals surface area contributed by atoms with Crippen molar-refractivity contribution in [1.29, 1.82) is 0 Å². The molecule has 2 nitrogen and oxygen atoms in total. The third kappa shape index (κ3) is 8950. The van der Waals surface area contributed by atoms with Crippen molar-refractivity contribution in [1.82, 2.24) is 0 Å². The molecule has 0 aromatic heterocycles. The van der Waals surface area contributed by atoms with Gasteiger partial charge in [0.25, 0.3) is 0 Å². The van der Waals surface area contributed by atoms with E-state index >= 15 is 0 Å². The molecule has 0 aromatic rings. The highest BCUT2D eigenvalue weighted by molar-refractivity contribution is 4.53. The van der Waals surface area contributed by atoms with Gasteiger partial charge >= 0.3 is 0 Å². The van der Waals surface area contributed by atoms with Crippen LogP contribution in [0.2, 0.25) is 0 Å². The smallest absolute Gasteiger partial charge is 0.0662 e. The second kappa shape index (κ2) is 265. The predicted octanol–water partition coefficient (Wildman–Crippen LogP) is 9.70. The van der Waals surface area contributed by atoms with Gasteiger partial charge in [0.05, 0.1) is 13.2 Å². The van der Waals surface area contributed by atoms with Crippen molar-refractivity contribution in [3.05, 3.63) is 114 Å². The fourth-order valence-electron chi connectivity index (χ4n) is 0. The minimum absolute atomic E-state index is 0.125. The summed E-state index contributed by atoms with van der Waals surface area (Å²) < 4.78 is 0. The molecule has 0 saturated heterocycles. The summed E-state index contributed by atoms with van der Waals surface area (Å²) in [6.07, 6.45) is 15.8. The SMILES string of the molecule is C=CC.C=CC.C=CC.C=CC.C=CC.C=CC.C=CC.C=CC.C=CC.OCCO. The molecule has 0 fully saturated rings. The zero-order valence-corrected chi connectivity index (χ0v) is 22.9. The van der Waals surface area contributed by atoms with E-state index in [9.17, 15) is 0 Å². The van der Waals surface area contributed by atoms with Crippen LogP contribution in [0.5, 0.6) is 0 Å². The molecule has 0 bridgehead atoms. The minimum Gasteiger partial charge on any atom is -0.394 e. The summed E-state index contributed by atoms with van der Waals surface area (Å²) >= 11 is 0. The molecule has 0 rings (SSSR count). The molecule has 0 heterocycles. The molecule has 2 heteroatoms. The number of aliphatic hydroxyl groups excluding tert-OH is 2. The first-order valence-electron chi connectivity index (χ1n) is 10.0. The molecule has 0 amide bonds. The van der Waals surface area contributed by atoms with Gasteiger partial charge in [-0.3, -0.25) is 0 Å². The zero-order valence-electron chi connectivity index (χ0n) is 22.9. The van der Waals surface area contributed by atoms with Crippen molar-refractivity contribution >= 4 is 0 Å². The molecule has 0 saturated carbocycles. The Kier molecular flexibility index (Phi) is 538. The van der Waals surface area contributed by atoms with Crippen LogP contribution in [0.3, 0.4) is 0 Å². The number of hydrogen-bond donors (Lipinski definition) is 2. The number of aliphatic hydroxyl groups is 2. The molecule has 188 valence electrons. The predicted molar refractivity (Wildman–Crippen MR) is 157 cm³/mol. The molecule has 31 heavy (non-hydrogen) atoms. The third-order valence-electron chi connectivity index (χ3n) is 0.1000. The van der Waals surface area contributed by atoms with Crippen LogP contribution in [0, 0.1) is 0 Å². The quantitative estimate of drug-likeness (QED) is 0.398. The van der Waals surface area contributed by atoms with E-state index < -0.39 is 0 Å². The average molecular weight is 441 g/mol. The van der Waals surface area contributed by atoms with Crippen LogP contribution in [-0.4, -0.2) is 23.4 Å². The summed E-state index contributed by atoms with van der Waals surface area (Å²) in [5.74, 6) is 0. The van der Waals surface area contributed by atoms with Gasteiger partial charge in [-0.05, 0) is 62.3 Å². The van der Waals surface area contributed by atoms with Crippen molar-refractivity contribution in [3.63, 3.8) is 0 Å². The summed E-state index contributed by atoms with van der Waals surface area (Å²) in [7, 11) is 0. The topological polar surface area (TPSA) is 40.5 Å². The van der Waals surface area contributed by atoms with Gasteiger partial charge in [-0.25, -0.2) is 0 Å². The Bertz CT molecular complexity index is 187. The van der Waals surface area contributed by atoms with Crippen LogP contribution in [0.4, 0.5) is 0 Å². The zero-order chi connectivity index (χ0) is 27.8. The van der Waals surface area contributed by atoms with E-state index in [4.69, 9.17) is 10.2 Å². The molecule has 2 N–H and O–H groups in total. The van der Waals surface area contributed by atoms with Gasteiger partial charge in [-0.1, -0.05) is 54.7 Å². The lowest BCUT2D eigenvalue weighted by molar-refractivity contribution is 0.186. The Morgan fingerprint density at radius 1 is 0.323 bits per heavy atom. The third-order valence-corrected chi connectivity index (χ3v) is 0.1000. The maximum Gasteiger partial charge on any atom is 0.0662 e. The van der Waals surface area contributed by atoms with Gasteiger partial charge in [-0.2, -0.15) is 0 Å². The van der Waals surface area contributed by atoms with Gasteiger partial charge in [0.2, 0.25) is 0 Å². The molecule has 0 aliphatic rings. The van der Waals surface area contributed by atoms with Crippen LogP contribution >= 0.6 is 0 Å². The second-order valence-electron chi connectivity index (χ2n) is 4.12. The van der Waals surface area contributed by atoms with E-state index in [1.54, 1.807) is 54.7 Å². The Labute approximate surface area is 199 Å². The van der Waals surface area contributed by atoms with Gasteiger partial charge in [0.1, 0.15) is 0 Å². The largest absolute Gasteiger partial charge is 0.394 e. The van der Waals surface area contributed by atoms with Gasteiger partial charge in [-0.15, -0.1) is 59.2 Å². The molecule has 0 unspecified atom stereocenters. The molecular weight excluding hydrogens is 380 g/mol. The fraction of sp³-hybridized carbons (Fsp3) is 0.379. The summed E-state index contributed by atoms with van der Waals surface area (Å²) in [4.78, 5) is 0. The molecule has 0 aliphatic heterocycles. The van der Waals surface area contributed by atoms with Crippen LogP contribution in [0.25, 0.3) is 0 Å². The Morgan fingerprint density at radius 2 is 0.355 bits per heavy atom. The van der Waals surface area contributed by atoms with Crippen LogP contribution in [0.1, 0.15) is 62.3 Å². The highest BCUT2D eigenvalue weighted by Crippen LogP contribution is 1.41. The van der Waals surface area contributed by atoms with E-state index in [1.165, 1.54) is 0 Å². The molecule has 0 atom stereocenters. The lowest BCUT2D eigenvalue weighted by Crippen LogP contribution is -1.85. The van der Waals surface area contributed by atoms with E-state index in [0.29, 0.717) is 0 Å². The van der Waals surface area contributed by atoms with E-state index in [2.05, 4.69) is 59.2 Å². The molecule has 0 aromatic carbocycles. The second-order valence-corrected chi connectivity index (χ2v) is 4.12. The van der Waals surface area contributed by atoms with E-state index in [0.717, 1.165) is 0 Å². The summed E-state index contributed by atoms with van der Waals surface area (Å²) in [5.41, 5.74) is 0. The maximum absolute atomic E-state index is 7.62. The molecule has 0 aliphatic carbocycles. The Balaban J connectivity index is -0.0000000198. The van der Waals surface area contributed by atoms with Crippen LogP contribution in [-0.2, 0) is 0 Å². The van der Waals surface area contributed by atoms with Gasteiger partial charge in [0, 0.05) is 0 Å². The summed E-state index contributed by atoms with van der Waals surface area (Å²) in [5, 5.41) is 15.2. The van der Waals surface area contributed by atoms with Crippen molar-refractivity contribution in [2.75, 3.05) is 13.2 Å². The van der Waals surface area contributed by atoms with Gasteiger partial charge < -0.3 is 10.2 Å². The lowest BCUT2D eigenvalue weighted by Gasteiger charge is -1.70. The van der Waals surface area contributed by atoms with Gasteiger partial charge in [0.15, 0.2) is 0 Å². The summed E-state index contributed by atoms with van der Waals surface area (Å²) in [6, 6.07) is 0. The summed E-state index contributed by atoms with van der Waals surface area (Å²) in [6.45, 7) is 47.0. The molecular formula is C29H60O2. The lowest BCUT2D eigenvalue weighted by atomic mass is 10.8. The van der Waals surface area contributed by atoms with Crippen molar-refractivity contribution < 1.29 is 10.2 Å². The first-order valence-corrected chi connectivity index (χ1v) is 10.0. The standard InChI is InChI=1S/9C3H6.C2H6O2/c9*1-3-2;3-1-2-4/h9*3H,1H2,2H3;3-4H,1-2H2. The monoisotopic (exact) mass is 440 g/mol. The maximum atomic E-state index is 7.62. The van der Waals surface area contributed by atoms with Crippen LogP contribution in [0.15, 0.2) is 114 Å². The first kappa shape index (κ1) is 63.0. The fourth-order valence-corrected chi connectivity index (χ4v) is 0. The Hall–Kier alpha value is -2.42. The number of allylic oxidation sites excluding steroid dienone is 9. The van der Waals surface area contributed by atoms with Crippen molar-refractivity contribution in [3.8, 4) is 0 Å². The van der Waals surface area contributed by atoms with Crippen LogP contribution < -0.4 is 0 Å². The molecule has 0 spiro atoms. The number of hydrogen-bond acceptors (Lipinski definition) is 2. The van der Waals surface area contributed by atoms with Crippen molar-refractivity contribution in [2.24, 2.45) is 0 Å². The molecule has 0 radical (unpaired) electrons. The first-order chi connectivity index (χ1) is 14.6. The minimum atomic E-state index is -0.125. The van der Waals surface area contributed by atoms with E-state index in [-0.39, 0.29) is 13.2 Å². The number of rotatable bonds is 1.